The Morgan fingerprint density at radius 1 is 1.65 bits per heavy atom. The summed E-state index contributed by atoms with van der Waals surface area (Å²) in [6.45, 7) is 4.00. The van der Waals surface area contributed by atoms with E-state index in [0.29, 0.717) is 12.1 Å². The van der Waals surface area contributed by atoms with Gasteiger partial charge >= 0.3 is 0 Å². The van der Waals surface area contributed by atoms with Gasteiger partial charge < -0.3 is 15.0 Å². The van der Waals surface area contributed by atoms with E-state index in [1.165, 1.54) is 0 Å². The van der Waals surface area contributed by atoms with Crippen LogP contribution in [0.25, 0.3) is 0 Å². The predicted molar refractivity (Wildman–Crippen MR) is 71.0 cm³/mol. The Kier molecular flexibility index (Phi) is 4.77. The van der Waals surface area contributed by atoms with Crippen LogP contribution in [0.2, 0.25) is 0 Å². The number of hydrogen-bond acceptors (Lipinski definition) is 2. The molecular weight excluding hydrogens is 284 g/mol. The highest BCUT2D eigenvalue weighted by Gasteiger charge is 2.21. The van der Waals surface area contributed by atoms with Crippen LogP contribution in [-0.4, -0.2) is 27.7 Å². The second-order valence-corrected chi connectivity index (χ2v) is 5.50. The number of nitrogens with zero attached hydrogens (tertiary/aromatic N) is 1. The number of rotatable bonds is 5. The van der Waals surface area contributed by atoms with Crippen LogP contribution >= 0.6 is 15.9 Å². The van der Waals surface area contributed by atoms with Crippen molar-refractivity contribution >= 4 is 21.8 Å². The third-order valence-corrected chi connectivity index (χ3v) is 3.06. The zero-order valence-electron chi connectivity index (χ0n) is 10.5. The van der Waals surface area contributed by atoms with Gasteiger partial charge in [0.1, 0.15) is 5.69 Å². The lowest BCUT2D eigenvalue weighted by Gasteiger charge is -2.22. The minimum atomic E-state index is -0.840. The number of carbonyl (C=O) groups excluding carboxylic acids is 1. The van der Waals surface area contributed by atoms with Crippen molar-refractivity contribution in [1.29, 1.82) is 0 Å². The first-order chi connectivity index (χ1) is 7.85. The SMILES string of the molecule is CCCC(C)(O)CNC(=O)c1cc(Br)cn1C. The molecule has 0 bridgehead atoms. The van der Waals surface area contributed by atoms with Gasteiger partial charge in [0.2, 0.25) is 0 Å². The van der Waals surface area contributed by atoms with Crippen molar-refractivity contribution in [3.05, 3.63) is 22.4 Å². The molecule has 1 unspecified atom stereocenters. The summed E-state index contributed by atoms with van der Waals surface area (Å²) < 4.78 is 2.61. The number of hydrogen-bond donors (Lipinski definition) is 2. The molecule has 1 aromatic rings. The van der Waals surface area contributed by atoms with Gasteiger partial charge in [-0.25, -0.2) is 0 Å². The summed E-state index contributed by atoms with van der Waals surface area (Å²) in [6, 6.07) is 1.75. The topological polar surface area (TPSA) is 54.3 Å². The molecule has 0 saturated heterocycles. The van der Waals surface area contributed by atoms with Crippen LogP contribution in [0.4, 0.5) is 0 Å². The molecular formula is C12H19BrN2O2. The van der Waals surface area contributed by atoms with Gasteiger partial charge in [-0.2, -0.15) is 0 Å². The number of aryl methyl sites for hydroxylation is 1. The smallest absolute Gasteiger partial charge is 0.268 e. The molecule has 17 heavy (non-hydrogen) atoms. The van der Waals surface area contributed by atoms with E-state index in [-0.39, 0.29) is 12.5 Å². The van der Waals surface area contributed by atoms with E-state index in [0.717, 1.165) is 10.9 Å². The molecule has 1 rings (SSSR count). The van der Waals surface area contributed by atoms with Crippen LogP contribution in [0, 0.1) is 0 Å². The largest absolute Gasteiger partial charge is 0.388 e. The number of carbonyl (C=O) groups is 1. The highest BCUT2D eigenvalue weighted by Crippen LogP contribution is 2.14. The molecule has 96 valence electrons. The van der Waals surface area contributed by atoms with E-state index in [4.69, 9.17) is 0 Å². The second-order valence-electron chi connectivity index (χ2n) is 4.58. The molecule has 0 saturated carbocycles. The molecule has 0 aromatic carbocycles. The lowest BCUT2D eigenvalue weighted by atomic mass is 10.0. The van der Waals surface area contributed by atoms with Crippen molar-refractivity contribution in [3.8, 4) is 0 Å². The summed E-state index contributed by atoms with van der Waals surface area (Å²) in [4.78, 5) is 11.9. The number of nitrogens with one attached hydrogen (secondary N) is 1. The van der Waals surface area contributed by atoms with Crippen molar-refractivity contribution in [1.82, 2.24) is 9.88 Å². The van der Waals surface area contributed by atoms with Crippen LogP contribution in [0.15, 0.2) is 16.7 Å². The van der Waals surface area contributed by atoms with E-state index < -0.39 is 5.60 Å². The molecule has 0 fully saturated rings. The Labute approximate surface area is 110 Å². The maximum Gasteiger partial charge on any atom is 0.268 e. The fourth-order valence-corrected chi connectivity index (χ4v) is 2.26. The average molecular weight is 303 g/mol. The van der Waals surface area contributed by atoms with E-state index in [1.807, 2.05) is 20.2 Å². The number of halogens is 1. The third kappa shape index (κ3) is 4.16. The highest BCUT2D eigenvalue weighted by molar-refractivity contribution is 9.10. The molecule has 1 atom stereocenters. The van der Waals surface area contributed by atoms with Crippen LogP contribution in [-0.2, 0) is 7.05 Å². The van der Waals surface area contributed by atoms with E-state index >= 15 is 0 Å². The third-order valence-electron chi connectivity index (χ3n) is 2.62. The maximum absolute atomic E-state index is 11.9. The molecule has 1 heterocycles. The molecule has 4 nitrogen and oxygen atoms in total. The van der Waals surface area contributed by atoms with Gasteiger partial charge in [-0.1, -0.05) is 13.3 Å². The number of aromatic nitrogens is 1. The van der Waals surface area contributed by atoms with E-state index in [9.17, 15) is 9.90 Å². The predicted octanol–water partition coefficient (Wildman–Crippen LogP) is 2.07. The van der Waals surface area contributed by atoms with Crippen LogP contribution in [0.3, 0.4) is 0 Å². The molecule has 5 heteroatoms. The zero-order valence-corrected chi connectivity index (χ0v) is 12.0. The number of aliphatic hydroxyl groups is 1. The van der Waals surface area contributed by atoms with E-state index in [2.05, 4.69) is 21.2 Å². The first-order valence-corrected chi connectivity index (χ1v) is 6.47. The highest BCUT2D eigenvalue weighted by atomic mass is 79.9. The van der Waals surface area contributed by atoms with Gasteiger partial charge in [0, 0.05) is 24.3 Å². The van der Waals surface area contributed by atoms with Crippen LogP contribution in [0.5, 0.6) is 0 Å². The van der Waals surface area contributed by atoms with Gasteiger partial charge in [-0.15, -0.1) is 0 Å². The molecule has 0 radical (unpaired) electrons. The summed E-state index contributed by atoms with van der Waals surface area (Å²) >= 11 is 3.32. The summed E-state index contributed by atoms with van der Waals surface area (Å²) in [7, 11) is 1.81. The lowest BCUT2D eigenvalue weighted by Crippen LogP contribution is -2.40. The van der Waals surface area contributed by atoms with E-state index in [1.54, 1.807) is 17.6 Å². The molecule has 0 aliphatic heterocycles. The lowest BCUT2D eigenvalue weighted by molar-refractivity contribution is 0.0467. The Morgan fingerprint density at radius 3 is 2.76 bits per heavy atom. The summed E-state index contributed by atoms with van der Waals surface area (Å²) in [5.41, 5.74) is -0.267. The number of amides is 1. The molecule has 1 aromatic heterocycles. The minimum absolute atomic E-state index is 0.172. The molecule has 2 N–H and O–H groups in total. The monoisotopic (exact) mass is 302 g/mol. The van der Waals surface area contributed by atoms with Gasteiger partial charge in [0.25, 0.3) is 5.91 Å². The fraction of sp³-hybridized carbons (Fsp3) is 0.583. The van der Waals surface area contributed by atoms with Crippen molar-refractivity contribution in [2.75, 3.05) is 6.54 Å². The maximum atomic E-state index is 11.9. The molecule has 0 spiro atoms. The van der Waals surface area contributed by atoms with Gasteiger partial charge in [0.15, 0.2) is 0 Å². The van der Waals surface area contributed by atoms with Gasteiger partial charge in [0.05, 0.1) is 5.60 Å². The van der Waals surface area contributed by atoms with Gasteiger partial charge in [-0.3, -0.25) is 4.79 Å². The summed E-state index contributed by atoms with van der Waals surface area (Å²) in [5.74, 6) is -0.172. The first-order valence-electron chi connectivity index (χ1n) is 5.68. The van der Waals surface area contributed by atoms with Crippen molar-refractivity contribution in [3.63, 3.8) is 0 Å². The standard InChI is InChI=1S/C12H19BrN2O2/c1-4-5-12(2,17)8-14-11(16)10-6-9(13)7-15(10)3/h6-7,17H,4-5,8H2,1-3H3,(H,14,16). The van der Waals surface area contributed by atoms with Crippen LogP contribution in [0.1, 0.15) is 37.2 Å². The Morgan fingerprint density at radius 2 is 2.29 bits per heavy atom. The molecule has 0 aliphatic rings. The Hall–Kier alpha value is -0.810. The quantitative estimate of drug-likeness (QED) is 0.875. The fourth-order valence-electron chi connectivity index (χ4n) is 1.74. The van der Waals surface area contributed by atoms with Crippen molar-refractivity contribution in [2.24, 2.45) is 7.05 Å². The summed E-state index contributed by atoms with van der Waals surface area (Å²) in [5, 5.41) is 12.7. The van der Waals surface area contributed by atoms with Crippen molar-refractivity contribution < 1.29 is 9.90 Å². The molecule has 0 aliphatic carbocycles. The minimum Gasteiger partial charge on any atom is -0.388 e. The zero-order chi connectivity index (χ0) is 13.1. The second kappa shape index (κ2) is 5.69. The Balaban J connectivity index is 2.59. The van der Waals surface area contributed by atoms with Crippen LogP contribution < -0.4 is 5.32 Å². The molecule has 1 amide bonds. The average Bonchev–Trinajstić information content (AvgIpc) is 2.54. The first kappa shape index (κ1) is 14.3. The Bertz CT molecular complexity index is 399. The normalized spacial score (nSPS) is 14.4. The van der Waals surface area contributed by atoms with Crippen molar-refractivity contribution in [2.45, 2.75) is 32.3 Å². The van der Waals surface area contributed by atoms with Gasteiger partial charge in [-0.05, 0) is 35.3 Å². The summed E-state index contributed by atoms with van der Waals surface area (Å²) in [6.07, 6.45) is 3.38.